The molecule has 0 spiro atoms. The third-order valence-corrected chi connectivity index (χ3v) is 4.17. The average molecular weight is 193 g/mol. The number of hydrogen-bond donors (Lipinski definition) is 1. The van der Waals surface area contributed by atoms with Crippen molar-refractivity contribution in [3.8, 4) is 6.07 Å². The molecule has 0 bridgehead atoms. The van der Waals surface area contributed by atoms with Crippen LogP contribution >= 0.6 is 0 Å². The summed E-state index contributed by atoms with van der Waals surface area (Å²) in [6.45, 7) is 1.93. The molecule has 1 N–H and O–H groups in total. The average Bonchev–Trinajstić information content (AvgIpc) is 2.16. The maximum Gasteiger partial charge on any atom is 0.0663 e. The standard InChI is InChI=1S/C12H19NO/c1-12(14)7-3-6-9-4-2-5-10(8-13)11(9)12/h9-11,14H,2-7H2,1H3. The van der Waals surface area contributed by atoms with Gasteiger partial charge >= 0.3 is 0 Å². The Morgan fingerprint density at radius 1 is 1.29 bits per heavy atom. The summed E-state index contributed by atoms with van der Waals surface area (Å²) in [4.78, 5) is 0. The quantitative estimate of drug-likeness (QED) is 0.642. The molecule has 78 valence electrons. The molecule has 0 aromatic rings. The fourth-order valence-corrected chi connectivity index (χ4v) is 3.59. The van der Waals surface area contributed by atoms with Crippen LogP contribution in [-0.2, 0) is 0 Å². The maximum atomic E-state index is 10.3. The number of nitrogens with zero attached hydrogens (tertiary/aromatic N) is 1. The number of aliphatic hydroxyl groups is 1. The van der Waals surface area contributed by atoms with Crippen LogP contribution in [0.15, 0.2) is 0 Å². The molecule has 2 aliphatic carbocycles. The summed E-state index contributed by atoms with van der Waals surface area (Å²) in [5.74, 6) is 0.955. The second-order valence-electron chi connectivity index (χ2n) is 5.20. The molecule has 0 radical (unpaired) electrons. The Hall–Kier alpha value is -0.550. The minimum Gasteiger partial charge on any atom is -0.390 e. The van der Waals surface area contributed by atoms with Gasteiger partial charge in [0.1, 0.15) is 0 Å². The van der Waals surface area contributed by atoms with Crippen molar-refractivity contribution < 1.29 is 5.11 Å². The number of rotatable bonds is 0. The first-order chi connectivity index (χ1) is 6.65. The van der Waals surface area contributed by atoms with E-state index < -0.39 is 5.60 Å². The molecular weight excluding hydrogens is 174 g/mol. The molecule has 0 aliphatic heterocycles. The van der Waals surface area contributed by atoms with Crippen molar-refractivity contribution in [2.75, 3.05) is 0 Å². The SMILES string of the molecule is CC1(O)CCCC2CCCC(C#N)C21. The van der Waals surface area contributed by atoms with E-state index in [9.17, 15) is 5.11 Å². The highest BCUT2D eigenvalue weighted by Gasteiger charge is 2.46. The summed E-state index contributed by atoms with van der Waals surface area (Å²) in [7, 11) is 0. The van der Waals surface area contributed by atoms with Crippen LogP contribution in [0.2, 0.25) is 0 Å². The van der Waals surface area contributed by atoms with Gasteiger partial charge in [-0.15, -0.1) is 0 Å². The van der Waals surface area contributed by atoms with Crippen LogP contribution in [0.3, 0.4) is 0 Å². The highest BCUT2D eigenvalue weighted by Crippen LogP contribution is 2.48. The van der Waals surface area contributed by atoms with Gasteiger partial charge in [0.05, 0.1) is 17.6 Å². The number of fused-ring (bicyclic) bond motifs is 1. The first-order valence-corrected chi connectivity index (χ1v) is 5.77. The Morgan fingerprint density at radius 3 is 2.71 bits per heavy atom. The molecule has 2 rings (SSSR count). The first-order valence-electron chi connectivity index (χ1n) is 5.77. The molecular formula is C12H19NO. The Morgan fingerprint density at radius 2 is 2.00 bits per heavy atom. The molecule has 4 unspecified atom stereocenters. The number of hydrogen-bond acceptors (Lipinski definition) is 2. The monoisotopic (exact) mass is 193 g/mol. The molecule has 14 heavy (non-hydrogen) atoms. The van der Waals surface area contributed by atoms with Gasteiger partial charge in [-0.2, -0.15) is 5.26 Å². The van der Waals surface area contributed by atoms with Crippen LogP contribution in [0.5, 0.6) is 0 Å². The van der Waals surface area contributed by atoms with E-state index in [-0.39, 0.29) is 11.8 Å². The van der Waals surface area contributed by atoms with Crippen LogP contribution in [-0.4, -0.2) is 10.7 Å². The van der Waals surface area contributed by atoms with Crippen molar-refractivity contribution in [2.45, 2.75) is 51.0 Å². The maximum absolute atomic E-state index is 10.3. The van der Waals surface area contributed by atoms with Crippen molar-refractivity contribution in [3.05, 3.63) is 0 Å². The zero-order chi connectivity index (χ0) is 10.2. The second kappa shape index (κ2) is 3.55. The lowest BCUT2D eigenvalue weighted by atomic mass is 9.60. The molecule has 2 heteroatoms. The van der Waals surface area contributed by atoms with Gasteiger partial charge in [0, 0.05) is 5.92 Å². The molecule has 0 aromatic heterocycles. The van der Waals surface area contributed by atoms with Crippen LogP contribution in [0, 0.1) is 29.1 Å². The molecule has 2 nitrogen and oxygen atoms in total. The Bertz CT molecular complexity index is 252. The molecule has 2 fully saturated rings. The second-order valence-corrected chi connectivity index (χ2v) is 5.20. The van der Waals surface area contributed by atoms with E-state index in [0.29, 0.717) is 5.92 Å². The molecule has 2 aliphatic rings. The fraction of sp³-hybridized carbons (Fsp3) is 0.917. The summed E-state index contributed by atoms with van der Waals surface area (Å²) >= 11 is 0. The van der Waals surface area contributed by atoms with Gasteiger partial charge in [0.2, 0.25) is 0 Å². The van der Waals surface area contributed by atoms with E-state index in [0.717, 1.165) is 19.3 Å². The summed E-state index contributed by atoms with van der Waals surface area (Å²) in [6, 6.07) is 2.40. The summed E-state index contributed by atoms with van der Waals surface area (Å²) in [5, 5.41) is 19.4. The predicted octanol–water partition coefficient (Wildman–Crippen LogP) is 2.48. The lowest BCUT2D eigenvalue weighted by Crippen LogP contribution is -2.48. The van der Waals surface area contributed by atoms with E-state index in [2.05, 4.69) is 6.07 Å². The zero-order valence-electron chi connectivity index (χ0n) is 8.87. The van der Waals surface area contributed by atoms with Gasteiger partial charge in [-0.3, -0.25) is 0 Å². The number of nitriles is 1. The minimum atomic E-state index is -0.580. The lowest BCUT2D eigenvalue weighted by Gasteiger charge is -2.47. The van der Waals surface area contributed by atoms with E-state index >= 15 is 0 Å². The predicted molar refractivity (Wildman–Crippen MR) is 54.4 cm³/mol. The molecule has 0 aromatic carbocycles. The van der Waals surface area contributed by atoms with E-state index in [1.165, 1.54) is 19.3 Å². The largest absolute Gasteiger partial charge is 0.390 e. The summed E-state index contributed by atoms with van der Waals surface area (Å²) < 4.78 is 0. The topological polar surface area (TPSA) is 44.0 Å². The van der Waals surface area contributed by atoms with Gasteiger partial charge in [0.25, 0.3) is 0 Å². The van der Waals surface area contributed by atoms with Gasteiger partial charge in [0.15, 0.2) is 0 Å². The van der Waals surface area contributed by atoms with Crippen molar-refractivity contribution in [3.63, 3.8) is 0 Å². The normalized spacial score (nSPS) is 47.9. The van der Waals surface area contributed by atoms with E-state index in [1.807, 2.05) is 6.92 Å². The van der Waals surface area contributed by atoms with Crippen LogP contribution in [0.25, 0.3) is 0 Å². The summed E-state index contributed by atoms with van der Waals surface area (Å²) in [5.41, 5.74) is -0.580. The van der Waals surface area contributed by atoms with Gasteiger partial charge < -0.3 is 5.11 Å². The minimum absolute atomic E-state index is 0.101. The van der Waals surface area contributed by atoms with Crippen LogP contribution in [0.4, 0.5) is 0 Å². The lowest BCUT2D eigenvalue weighted by molar-refractivity contribution is -0.0888. The third-order valence-electron chi connectivity index (χ3n) is 4.17. The molecule has 0 heterocycles. The van der Waals surface area contributed by atoms with E-state index in [1.54, 1.807) is 0 Å². The van der Waals surface area contributed by atoms with Crippen molar-refractivity contribution in [1.82, 2.24) is 0 Å². The zero-order valence-corrected chi connectivity index (χ0v) is 8.87. The van der Waals surface area contributed by atoms with E-state index in [4.69, 9.17) is 5.26 Å². The first kappa shape index (κ1) is 9.98. The van der Waals surface area contributed by atoms with Crippen LogP contribution < -0.4 is 0 Å². The van der Waals surface area contributed by atoms with Gasteiger partial charge in [-0.1, -0.05) is 12.8 Å². The Kier molecular flexibility index (Phi) is 2.53. The van der Waals surface area contributed by atoms with Crippen molar-refractivity contribution in [2.24, 2.45) is 17.8 Å². The highest BCUT2D eigenvalue weighted by atomic mass is 16.3. The molecule has 2 saturated carbocycles. The molecule has 0 amide bonds. The molecule has 0 saturated heterocycles. The molecule has 4 atom stereocenters. The summed E-state index contributed by atoms with van der Waals surface area (Å²) in [6.07, 6.45) is 6.62. The smallest absolute Gasteiger partial charge is 0.0663 e. The Labute approximate surface area is 85.9 Å². The van der Waals surface area contributed by atoms with Crippen molar-refractivity contribution >= 4 is 0 Å². The van der Waals surface area contributed by atoms with Crippen LogP contribution in [0.1, 0.15) is 45.4 Å². The Balaban J connectivity index is 2.22. The van der Waals surface area contributed by atoms with Gasteiger partial charge in [-0.25, -0.2) is 0 Å². The van der Waals surface area contributed by atoms with Crippen molar-refractivity contribution in [1.29, 1.82) is 5.26 Å². The fourth-order valence-electron chi connectivity index (χ4n) is 3.59. The third kappa shape index (κ3) is 1.54. The van der Waals surface area contributed by atoms with Gasteiger partial charge in [-0.05, 0) is 38.5 Å². The highest BCUT2D eigenvalue weighted by molar-refractivity contribution is 5.03.